The van der Waals surface area contributed by atoms with E-state index in [0.29, 0.717) is 16.8 Å². The van der Waals surface area contributed by atoms with Crippen LogP contribution in [0.25, 0.3) is 11.1 Å². The normalized spacial score (nSPS) is 11.5. The van der Waals surface area contributed by atoms with Crippen molar-refractivity contribution < 1.29 is 26.7 Å². The lowest BCUT2D eigenvalue weighted by Gasteiger charge is -2.13. The molecule has 12 heteroatoms. The van der Waals surface area contributed by atoms with Gasteiger partial charge >= 0.3 is 11.9 Å². The largest absolute Gasteiger partial charge is 0.497 e. The zero-order valence-electron chi connectivity index (χ0n) is 15.7. The molecule has 4 aromatic rings. The van der Waals surface area contributed by atoms with Crippen molar-refractivity contribution in [3.8, 4) is 5.75 Å². The molecule has 0 unspecified atom stereocenters. The Kier molecular flexibility index (Phi) is 4.97. The number of H-pyrrole nitrogens is 1. The van der Waals surface area contributed by atoms with E-state index in [9.17, 15) is 22.4 Å². The second-order valence-electron chi connectivity index (χ2n) is 6.31. The third kappa shape index (κ3) is 4.42. The van der Waals surface area contributed by atoms with Crippen LogP contribution in [0, 0.1) is 5.82 Å². The van der Waals surface area contributed by atoms with Gasteiger partial charge in [0, 0.05) is 17.4 Å². The van der Waals surface area contributed by atoms with E-state index in [2.05, 4.69) is 25.6 Å². The minimum Gasteiger partial charge on any atom is -0.497 e. The molecule has 0 aliphatic rings. The second kappa shape index (κ2) is 7.63. The van der Waals surface area contributed by atoms with Crippen LogP contribution in [-0.4, -0.2) is 22.1 Å². The van der Waals surface area contributed by atoms with Gasteiger partial charge in [-0.1, -0.05) is 0 Å². The number of anilines is 4. The topological polar surface area (TPSA) is 105 Å². The summed E-state index contributed by atoms with van der Waals surface area (Å²) >= 11 is 0. The smallest absolute Gasteiger partial charge is 0.417 e. The lowest BCUT2D eigenvalue weighted by atomic mass is 10.2. The van der Waals surface area contributed by atoms with Crippen LogP contribution in [0.3, 0.4) is 0 Å². The highest BCUT2D eigenvalue weighted by Gasteiger charge is 2.31. The predicted octanol–water partition coefficient (Wildman–Crippen LogP) is 4.56. The van der Waals surface area contributed by atoms with Gasteiger partial charge in [0.25, 0.3) is 0 Å². The van der Waals surface area contributed by atoms with Gasteiger partial charge in [-0.2, -0.15) is 18.2 Å². The van der Waals surface area contributed by atoms with Crippen molar-refractivity contribution in [3.05, 3.63) is 64.5 Å². The van der Waals surface area contributed by atoms with Gasteiger partial charge in [-0.3, -0.25) is 4.98 Å². The molecule has 0 bridgehead atoms. The minimum absolute atomic E-state index is 0.00150. The average molecular weight is 435 g/mol. The van der Waals surface area contributed by atoms with Crippen LogP contribution in [0.15, 0.2) is 51.8 Å². The van der Waals surface area contributed by atoms with Gasteiger partial charge in [-0.05, 0) is 30.3 Å². The van der Waals surface area contributed by atoms with E-state index in [1.54, 1.807) is 0 Å². The Balaban J connectivity index is 1.62. The first-order chi connectivity index (χ1) is 14.7. The first-order valence-electron chi connectivity index (χ1n) is 8.67. The van der Waals surface area contributed by atoms with Gasteiger partial charge in [-0.15, -0.1) is 0 Å². The quantitative estimate of drug-likeness (QED) is 0.395. The first kappa shape index (κ1) is 20.2. The summed E-state index contributed by atoms with van der Waals surface area (Å²) in [5.41, 5.74) is 0.158. The molecule has 160 valence electrons. The molecule has 0 saturated heterocycles. The minimum atomic E-state index is -4.59. The van der Waals surface area contributed by atoms with Crippen LogP contribution in [0.2, 0.25) is 0 Å². The molecule has 4 rings (SSSR count). The summed E-state index contributed by atoms with van der Waals surface area (Å²) in [7, 11) is 1.24. The summed E-state index contributed by atoms with van der Waals surface area (Å²) in [6.07, 6.45) is -3.73. The molecule has 8 nitrogen and oxygen atoms in total. The fourth-order valence-corrected chi connectivity index (χ4v) is 2.76. The summed E-state index contributed by atoms with van der Waals surface area (Å²) in [6, 6.07) is 7.56. The monoisotopic (exact) mass is 435 g/mol. The maximum Gasteiger partial charge on any atom is 0.417 e. The summed E-state index contributed by atoms with van der Waals surface area (Å²) in [5, 5.41) is 5.33. The van der Waals surface area contributed by atoms with Crippen molar-refractivity contribution in [2.75, 3.05) is 17.7 Å². The predicted molar refractivity (Wildman–Crippen MR) is 103 cm³/mol. The SMILES string of the molecule is COc1cc(Nc2ncc(F)c(Nc3ccc4oc(=O)[nH]c4c3)n2)cc(C(F)(F)F)c1. The maximum atomic E-state index is 14.2. The number of nitrogens with one attached hydrogen (secondary N) is 3. The number of methoxy groups -OCH3 is 1. The number of benzene rings is 2. The van der Waals surface area contributed by atoms with E-state index in [4.69, 9.17) is 9.15 Å². The number of oxazole rings is 1. The van der Waals surface area contributed by atoms with Crippen molar-refractivity contribution in [1.29, 1.82) is 0 Å². The summed E-state index contributed by atoms with van der Waals surface area (Å²) in [6.45, 7) is 0. The summed E-state index contributed by atoms with van der Waals surface area (Å²) < 4.78 is 63.3. The molecule has 2 aromatic carbocycles. The Hall–Kier alpha value is -4.09. The van der Waals surface area contributed by atoms with E-state index in [0.717, 1.165) is 18.3 Å². The number of nitrogens with zero attached hydrogens (tertiary/aromatic N) is 2. The lowest BCUT2D eigenvalue weighted by Crippen LogP contribution is -2.07. The standard InChI is InChI=1S/C19H13F4N5O3/c1-30-12-5-9(19(21,22)23)4-11(6-12)26-17-24-8-13(20)16(28-17)25-10-2-3-15-14(7-10)27-18(29)31-15/h2-8H,1H3,(H,27,29)(H2,24,25,26,28). The number of fused-ring (bicyclic) bond motifs is 1. The molecule has 0 spiro atoms. The van der Waals surface area contributed by atoms with E-state index >= 15 is 0 Å². The van der Waals surface area contributed by atoms with Crippen LogP contribution in [0.1, 0.15) is 5.56 Å². The molecule has 0 radical (unpaired) electrons. The second-order valence-corrected chi connectivity index (χ2v) is 6.31. The van der Waals surface area contributed by atoms with Crippen molar-refractivity contribution in [1.82, 2.24) is 15.0 Å². The number of ether oxygens (including phenoxy) is 1. The maximum absolute atomic E-state index is 14.2. The highest BCUT2D eigenvalue weighted by Crippen LogP contribution is 2.34. The number of rotatable bonds is 5. The fourth-order valence-electron chi connectivity index (χ4n) is 2.76. The summed E-state index contributed by atoms with van der Waals surface area (Å²) in [4.78, 5) is 21.4. The van der Waals surface area contributed by atoms with E-state index in [-0.39, 0.29) is 23.2 Å². The van der Waals surface area contributed by atoms with Crippen LogP contribution in [0.4, 0.5) is 40.7 Å². The molecule has 0 atom stereocenters. The number of hydrogen-bond donors (Lipinski definition) is 3. The van der Waals surface area contributed by atoms with Crippen molar-refractivity contribution in [2.24, 2.45) is 0 Å². The third-order valence-corrected chi connectivity index (χ3v) is 4.15. The number of aromatic amines is 1. The van der Waals surface area contributed by atoms with E-state index in [1.165, 1.54) is 31.4 Å². The third-order valence-electron chi connectivity index (χ3n) is 4.15. The number of aromatic nitrogens is 3. The average Bonchev–Trinajstić information content (AvgIpc) is 3.09. The van der Waals surface area contributed by atoms with Crippen molar-refractivity contribution in [2.45, 2.75) is 6.18 Å². The Labute approximate surface area is 170 Å². The highest BCUT2D eigenvalue weighted by atomic mass is 19.4. The molecule has 0 amide bonds. The number of hydrogen-bond acceptors (Lipinski definition) is 7. The van der Waals surface area contributed by atoms with Crippen molar-refractivity contribution >= 4 is 34.2 Å². The van der Waals surface area contributed by atoms with Crippen LogP contribution < -0.4 is 21.1 Å². The molecule has 2 aromatic heterocycles. The van der Waals surface area contributed by atoms with Gasteiger partial charge in [0.05, 0.1) is 24.4 Å². The number of halogens is 4. The molecule has 0 aliphatic carbocycles. The molecule has 3 N–H and O–H groups in total. The van der Waals surface area contributed by atoms with Crippen LogP contribution in [-0.2, 0) is 6.18 Å². The summed E-state index contributed by atoms with van der Waals surface area (Å²) in [5.74, 6) is -1.85. The molecular formula is C19H13F4N5O3. The molecule has 0 aliphatic heterocycles. The van der Waals surface area contributed by atoms with Gasteiger partial charge in [0.2, 0.25) is 5.95 Å². The van der Waals surface area contributed by atoms with E-state index < -0.39 is 23.3 Å². The van der Waals surface area contributed by atoms with Gasteiger partial charge in [-0.25, -0.2) is 14.2 Å². The van der Waals surface area contributed by atoms with Crippen LogP contribution >= 0.6 is 0 Å². The zero-order valence-corrected chi connectivity index (χ0v) is 15.7. The van der Waals surface area contributed by atoms with Gasteiger partial charge in [0.15, 0.2) is 17.2 Å². The fraction of sp³-hybridized carbons (Fsp3) is 0.105. The van der Waals surface area contributed by atoms with E-state index in [1.807, 2.05) is 0 Å². The Bertz CT molecular complexity index is 1320. The molecule has 31 heavy (non-hydrogen) atoms. The Morgan fingerprint density at radius 3 is 2.65 bits per heavy atom. The molecule has 0 saturated carbocycles. The number of alkyl halides is 3. The molecule has 0 fully saturated rings. The first-order valence-corrected chi connectivity index (χ1v) is 8.67. The lowest BCUT2D eigenvalue weighted by molar-refractivity contribution is -0.137. The zero-order chi connectivity index (χ0) is 22.2. The Morgan fingerprint density at radius 2 is 1.90 bits per heavy atom. The van der Waals surface area contributed by atoms with Gasteiger partial charge < -0.3 is 19.8 Å². The molecular weight excluding hydrogens is 422 g/mol. The Morgan fingerprint density at radius 1 is 1.10 bits per heavy atom. The van der Waals surface area contributed by atoms with Crippen molar-refractivity contribution in [3.63, 3.8) is 0 Å². The van der Waals surface area contributed by atoms with Crippen LogP contribution in [0.5, 0.6) is 5.75 Å². The molecule has 2 heterocycles. The van der Waals surface area contributed by atoms with Gasteiger partial charge in [0.1, 0.15) is 5.75 Å². The highest BCUT2D eigenvalue weighted by molar-refractivity contribution is 5.78.